The Balaban J connectivity index is 2.12. The molecule has 1 amide bonds. The Hall–Kier alpha value is -1.83. The predicted molar refractivity (Wildman–Crippen MR) is 79.3 cm³/mol. The Bertz CT molecular complexity index is 557. The largest absolute Gasteiger partial charge is 0.378 e. The van der Waals surface area contributed by atoms with Crippen LogP contribution in [-0.4, -0.2) is 25.2 Å². The quantitative estimate of drug-likeness (QED) is 0.805. The number of carbonyl (C=O) groups is 1. The van der Waals surface area contributed by atoms with Crippen LogP contribution in [0.25, 0.3) is 0 Å². The lowest BCUT2D eigenvalue weighted by Gasteiger charge is -2.14. The normalized spacial score (nSPS) is 21.1. The molecule has 0 bridgehead atoms. The summed E-state index contributed by atoms with van der Waals surface area (Å²) < 4.78 is 5.43. The maximum Gasteiger partial charge on any atom is 0.230 e. The van der Waals surface area contributed by atoms with Gasteiger partial charge >= 0.3 is 0 Å². The lowest BCUT2D eigenvalue weighted by Crippen LogP contribution is -2.27. The van der Waals surface area contributed by atoms with Gasteiger partial charge in [0, 0.05) is 17.9 Å². The minimum absolute atomic E-state index is 0.0123. The Morgan fingerprint density at radius 1 is 1.50 bits per heavy atom. The van der Waals surface area contributed by atoms with Crippen LogP contribution in [0.2, 0.25) is 0 Å². The van der Waals surface area contributed by atoms with Crippen molar-refractivity contribution in [3.63, 3.8) is 0 Å². The molecular weight excluding hydrogens is 252 g/mol. The minimum atomic E-state index is -0.0749. The van der Waals surface area contributed by atoms with E-state index in [4.69, 9.17) is 10.5 Å². The van der Waals surface area contributed by atoms with Gasteiger partial charge in [-0.05, 0) is 44.0 Å². The highest BCUT2D eigenvalue weighted by Gasteiger charge is 2.30. The molecule has 20 heavy (non-hydrogen) atoms. The standard InChI is InChI=1S/C16H20N2O2/c1-11-8-13(4-3-6-17)10-14(9-11)18-16(19)15-5-7-20-12(15)2/h8-10,12,15H,5-7,17H2,1-2H3,(H,18,19). The summed E-state index contributed by atoms with van der Waals surface area (Å²) in [6, 6.07) is 5.78. The zero-order chi connectivity index (χ0) is 14.5. The molecule has 2 unspecified atom stereocenters. The molecule has 2 atom stereocenters. The first-order valence-electron chi connectivity index (χ1n) is 6.83. The van der Waals surface area contributed by atoms with Gasteiger partial charge in [-0.3, -0.25) is 4.79 Å². The van der Waals surface area contributed by atoms with Gasteiger partial charge in [0.1, 0.15) is 0 Å². The highest BCUT2D eigenvalue weighted by molar-refractivity contribution is 5.93. The maximum atomic E-state index is 12.2. The zero-order valence-electron chi connectivity index (χ0n) is 11.9. The number of nitrogens with one attached hydrogen (secondary N) is 1. The molecule has 0 spiro atoms. The highest BCUT2D eigenvalue weighted by Crippen LogP contribution is 2.23. The molecule has 106 valence electrons. The molecule has 4 nitrogen and oxygen atoms in total. The van der Waals surface area contributed by atoms with Crippen LogP contribution in [0.1, 0.15) is 24.5 Å². The van der Waals surface area contributed by atoms with E-state index in [-0.39, 0.29) is 17.9 Å². The van der Waals surface area contributed by atoms with E-state index in [1.807, 2.05) is 32.0 Å². The number of benzene rings is 1. The first kappa shape index (κ1) is 14.6. The number of hydrogen-bond acceptors (Lipinski definition) is 3. The molecule has 2 rings (SSSR count). The lowest BCUT2D eigenvalue weighted by atomic mass is 10.0. The first-order chi connectivity index (χ1) is 9.60. The zero-order valence-corrected chi connectivity index (χ0v) is 11.9. The third-order valence-electron chi connectivity index (χ3n) is 3.39. The van der Waals surface area contributed by atoms with Crippen LogP contribution in [0.5, 0.6) is 0 Å². The van der Waals surface area contributed by atoms with Crippen LogP contribution in [-0.2, 0) is 9.53 Å². The second-order valence-electron chi connectivity index (χ2n) is 5.05. The first-order valence-corrected chi connectivity index (χ1v) is 6.83. The van der Waals surface area contributed by atoms with Gasteiger partial charge in [-0.1, -0.05) is 11.8 Å². The molecule has 3 N–H and O–H groups in total. The number of amides is 1. The van der Waals surface area contributed by atoms with E-state index in [0.717, 1.165) is 23.2 Å². The molecule has 1 saturated heterocycles. The Kier molecular flexibility index (Phi) is 4.78. The molecule has 0 saturated carbocycles. The van der Waals surface area contributed by atoms with Crippen molar-refractivity contribution in [2.75, 3.05) is 18.5 Å². The second-order valence-corrected chi connectivity index (χ2v) is 5.05. The number of ether oxygens (including phenoxy) is 1. The van der Waals surface area contributed by atoms with Crippen LogP contribution in [0, 0.1) is 24.7 Å². The summed E-state index contributed by atoms with van der Waals surface area (Å²) >= 11 is 0. The third-order valence-corrected chi connectivity index (χ3v) is 3.39. The van der Waals surface area contributed by atoms with Gasteiger partial charge in [-0.2, -0.15) is 0 Å². The molecule has 0 radical (unpaired) electrons. The number of carbonyl (C=O) groups excluding carboxylic acids is 1. The van der Waals surface area contributed by atoms with E-state index in [1.54, 1.807) is 0 Å². The van der Waals surface area contributed by atoms with Crippen LogP contribution >= 0.6 is 0 Å². The summed E-state index contributed by atoms with van der Waals surface area (Å²) in [5.74, 6) is 5.74. The third kappa shape index (κ3) is 3.60. The molecule has 0 aromatic heterocycles. The average molecular weight is 272 g/mol. The Morgan fingerprint density at radius 3 is 2.95 bits per heavy atom. The van der Waals surface area contributed by atoms with Gasteiger partial charge in [0.25, 0.3) is 0 Å². The van der Waals surface area contributed by atoms with E-state index in [1.165, 1.54) is 0 Å². The number of hydrogen-bond donors (Lipinski definition) is 2. The van der Waals surface area contributed by atoms with Crippen LogP contribution in [0.4, 0.5) is 5.69 Å². The summed E-state index contributed by atoms with van der Waals surface area (Å²) in [5.41, 5.74) is 8.07. The molecule has 1 heterocycles. The van der Waals surface area contributed by atoms with Crippen LogP contribution in [0.3, 0.4) is 0 Å². The predicted octanol–water partition coefficient (Wildman–Crippen LogP) is 1.67. The van der Waals surface area contributed by atoms with Gasteiger partial charge in [0.2, 0.25) is 5.91 Å². The molecule has 1 aromatic rings. The summed E-state index contributed by atoms with van der Waals surface area (Å²) in [5, 5.41) is 2.95. The SMILES string of the molecule is Cc1cc(C#CCN)cc(NC(=O)C2CCOC2C)c1. The molecule has 1 aliphatic heterocycles. The van der Waals surface area contributed by atoms with Gasteiger partial charge in [0.05, 0.1) is 18.6 Å². The van der Waals surface area contributed by atoms with E-state index < -0.39 is 0 Å². The van der Waals surface area contributed by atoms with E-state index >= 15 is 0 Å². The van der Waals surface area contributed by atoms with Crippen molar-refractivity contribution in [2.24, 2.45) is 11.7 Å². The Labute approximate surface area is 119 Å². The van der Waals surface area contributed by atoms with E-state index in [2.05, 4.69) is 17.2 Å². The number of aryl methyl sites for hydroxylation is 1. The fourth-order valence-corrected chi connectivity index (χ4v) is 2.39. The fraction of sp³-hybridized carbons (Fsp3) is 0.438. The van der Waals surface area contributed by atoms with Gasteiger partial charge < -0.3 is 15.8 Å². The smallest absolute Gasteiger partial charge is 0.230 e. The van der Waals surface area contributed by atoms with E-state index in [0.29, 0.717) is 13.2 Å². The molecule has 0 aliphatic carbocycles. The maximum absolute atomic E-state index is 12.2. The fourth-order valence-electron chi connectivity index (χ4n) is 2.39. The summed E-state index contributed by atoms with van der Waals surface area (Å²) in [6.07, 6.45) is 0.759. The second kappa shape index (κ2) is 6.56. The van der Waals surface area contributed by atoms with Crippen molar-refractivity contribution in [3.05, 3.63) is 29.3 Å². The van der Waals surface area contributed by atoms with Crippen LogP contribution < -0.4 is 11.1 Å². The van der Waals surface area contributed by atoms with Crippen molar-refractivity contribution in [3.8, 4) is 11.8 Å². The monoisotopic (exact) mass is 272 g/mol. The molecule has 1 fully saturated rings. The molecule has 4 heteroatoms. The van der Waals surface area contributed by atoms with Crippen molar-refractivity contribution < 1.29 is 9.53 Å². The average Bonchev–Trinajstić information content (AvgIpc) is 2.82. The molecular formula is C16H20N2O2. The van der Waals surface area contributed by atoms with Crippen molar-refractivity contribution in [1.29, 1.82) is 0 Å². The molecule has 1 aromatic carbocycles. The minimum Gasteiger partial charge on any atom is -0.378 e. The number of rotatable bonds is 2. The van der Waals surface area contributed by atoms with Gasteiger partial charge in [-0.25, -0.2) is 0 Å². The Morgan fingerprint density at radius 2 is 2.30 bits per heavy atom. The highest BCUT2D eigenvalue weighted by atomic mass is 16.5. The van der Waals surface area contributed by atoms with Crippen molar-refractivity contribution in [1.82, 2.24) is 0 Å². The van der Waals surface area contributed by atoms with Crippen molar-refractivity contribution >= 4 is 11.6 Å². The van der Waals surface area contributed by atoms with Gasteiger partial charge in [-0.15, -0.1) is 0 Å². The lowest BCUT2D eigenvalue weighted by molar-refractivity contribution is -0.121. The molecule has 1 aliphatic rings. The van der Waals surface area contributed by atoms with E-state index in [9.17, 15) is 4.79 Å². The van der Waals surface area contributed by atoms with Gasteiger partial charge in [0.15, 0.2) is 0 Å². The van der Waals surface area contributed by atoms with Crippen LogP contribution in [0.15, 0.2) is 18.2 Å². The number of nitrogens with two attached hydrogens (primary N) is 1. The number of anilines is 1. The summed E-state index contributed by atoms with van der Waals surface area (Å²) in [6.45, 7) is 4.89. The summed E-state index contributed by atoms with van der Waals surface area (Å²) in [7, 11) is 0. The van der Waals surface area contributed by atoms with Crippen molar-refractivity contribution in [2.45, 2.75) is 26.4 Å². The topological polar surface area (TPSA) is 64.3 Å². The summed E-state index contributed by atoms with van der Waals surface area (Å²) in [4.78, 5) is 12.2.